The SMILES string of the molecule is C=C(C)/C=C\C(=C)CC1(N)c2ccc(CC)cc2CCC1CCCCC.CC. The highest BCUT2D eigenvalue weighted by Crippen LogP contribution is 2.44. The molecule has 0 saturated carbocycles. The second-order valence-corrected chi connectivity index (χ2v) is 8.13. The molecular weight excluding hydrogens is 338 g/mol. The van der Waals surface area contributed by atoms with Crippen LogP contribution in [0.15, 0.2) is 54.7 Å². The van der Waals surface area contributed by atoms with Crippen LogP contribution in [0, 0.1) is 5.92 Å². The maximum absolute atomic E-state index is 7.18. The van der Waals surface area contributed by atoms with E-state index in [0.717, 1.165) is 30.4 Å². The predicted octanol–water partition coefficient (Wildman–Crippen LogP) is 7.65. The van der Waals surface area contributed by atoms with Crippen LogP contribution < -0.4 is 5.73 Å². The van der Waals surface area contributed by atoms with Crippen molar-refractivity contribution in [3.8, 4) is 0 Å². The van der Waals surface area contributed by atoms with Crippen LogP contribution >= 0.6 is 0 Å². The van der Waals surface area contributed by atoms with E-state index in [1.165, 1.54) is 48.8 Å². The van der Waals surface area contributed by atoms with Gasteiger partial charge in [-0.05, 0) is 61.6 Å². The minimum atomic E-state index is -0.301. The lowest BCUT2D eigenvalue weighted by Gasteiger charge is -2.44. The average Bonchev–Trinajstić information content (AvgIpc) is 2.69. The Morgan fingerprint density at radius 3 is 2.50 bits per heavy atom. The number of nitrogens with two attached hydrogens (primary N) is 1. The summed E-state index contributed by atoms with van der Waals surface area (Å²) in [7, 11) is 0. The molecule has 28 heavy (non-hydrogen) atoms. The molecule has 156 valence electrons. The summed E-state index contributed by atoms with van der Waals surface area (Å²) in [6.07, 6.45) is 13.4. The fraction of sp³-hybridized carbons (Fsp3) is 0.556. The van der Waals surface area contributed by atoms with Gasteiger partial charge < -0.3 is 5.73 Å². The van der Waals surface area contributed by atoms with E-state index in [1.807, 2.05) is 26.8 Å². The van der Waals surface area contributed by atoms with Gasteiger partial charge in [0.2, 0.25) is 0 Å². The van der Waals surface area contributed by atoms with Gasteiger partial charge in [-0.3, -0.25) is 0 Å². The summed E-state index contributed by atoms with van der Waals surface area (Å²) >= 11 is 0. The molecule has 0 saturated heterocycles. The Hall–Kier alpha value is -1.60. The quantitative estimate of drug-likeness (QED) is 0.345. The lowest BCUT2D eigenvalue weighted by atomic mass is 9.65. The zero-order chi connectivity index (χ0) is 21.2. The molecule has 1 aromatic rings. The van der Waals surface area contributed by atoms with Crippen molar-refractivity contribution < 1.29 is 0 Å². The van der Waals surface area contributed by atoms with Gasteiger partial charge in [-0.15, -0.1) is 0 Å². The van der Waals surface area contributed by atoms with Crippen molar-refractivity contribution in [2.75, 3.05) is 0 Å². The van der Waals surface area contributed by atoms with E-state index in [-0.39, 0.29) is 5.54 Å². The largest absolute Gasteiger partial charge is 0.321 e. The highest BCUT2D eigenvalue weighted by Gasteiger charge is 2.40. The zero-order valence-corrected chi connectivity index (χ0v) is 19.1. The second kappa shape index (κ2) is 12.1. The Labute approximate surface area is 174 Å². The van der Waals surface area contributed by atoms with Crippen molar-refractivity contribution in [2.45, 2.75) is 91.5 Å². The van der Waals surface area contributed by atoms with Crippen LogP contribution in [0.5, 0.6) is 0 Å². The lowest BCUT2D eigenvalue weighted by Crippen LogP contribution is -2.47. The van der Waals surface area contributed by atoms with Crippen molar-refractivity contribution in [1.82, 2.24) is 0 Å². The summed E-state index contributed by atoms with van der Waals surface area (Å²) in [5.74, 6) is 0.531. The molecule has 0 radical (unpaired) electrons. The molecule has 2 unspecified atom stereocenters. The molecular formula is C27H43N. The maximum Gasteiger partial charge on any atom is 0.0481 e. The molecule has 0 heterocycles. The minimum Gasteiger partial charge on any atom is -0.321 e. The number of unbranched alkanes of at least 4 members (excludes halogenated alkanes) is 2. The standard InChI is InChI=1S/C25H37N.C2H6/c1-6-8-9-10-23-15-14-22-17-21(7-2)13-16-24(22)25(23,26)18-20(5)12-11-19(3)4;1-2/h11-13,16-17,23H,3,5-10,14-15,18,26H2,1-2,4H3;1-2H3/b12-11-;. The Morgan fingerprint density at radius 1 is 1.18 bits per heavy atom. The number of hydrogen-bond donors (Lipinski definition) is 1. The van der Waals surface area contributed by atoms with Crippen LogP contribution in [-0.2, 0) is 18.4 Å². The molecule has 0 spiro atoms. The van der Waals surface area contributed by atoms with Crippen LogP contribution in [0.4, 0.5) is 0 Å². The third kappa shape index (κ3) is 6.48. The Kier molecular flexibility index (Phi) is 10.5. The molecule has 1 aliphatic carbocycles. The van der Waals surface area contributed by atoms with E-state index < -0.39 is 0 Å². The lowest BCUT2D eigenvalue weighted by molar-refractivity contribution is 0.218. The van der Waals surface area contributed by atoms with Crippen LogP contribution in [0.1, 0.15) is 89.8 Å². The predicted molar refractivity (Wildman–Crippen MR) is 127 cm³/mol. The molecule has 1 aliphatic rings. The first-order chi connectivity index (χ1) is 13.4. The van der Waals surface area contributed by atoms with Gasteiger partial charge in [0.1, 0.15) is 0 Å². The molecule has 0 aliphatic heterocycles. The van der Waals surface area contributed by atoms with E-state index in [9.17, 15) is 0 Å². The van der Waals surface area contributed by atoms with E-state index in [1.54, 1.807) is 0 Å². The van der Waals surface area contributed by atoms with Gasteiger partial charge in [-0.25, -0.2) is 0 Å². The number of fused-ring (bicyclic) bond motifs is 1. The van der Waals surface area contributed by atoms with Crippen LogP contribution in [0.2, 0.25) is 0 Å². The molecule has 2 N–H and O–H groups in total. The molecule has 1 heteroatoms. The Morgan fingerprint density at radius 2 is 1.89 bits per heavy atom. The molecule has 0 bridgehead atoms. The van der Waals surface area contributed by atoms with Crippen molar-refractivity contribution in [1.29, 1.82) is 0 Å². The van der Waals surface area contributed by atoms with Gasteiger partial charge in [0.25, 0.3) is 0 Å². The molecule has 2 atom stereocenters. The first-order valence-electron chi connectivity index (χ1n) is 11.3. The Balaban J connectivity index is 0.00000190. The minimum absolute atomic E-state index is 0.301. The van der Waals surface area contributed by atoms with Gasteiger partial charge >= 0.3 is 0 Å². The molecule has 0 amide bonds. The first-order valence-corrected chi connectivity index (χ1v) is 11.3. The number of benzene rings is 1. The summed E-state index contributed by atoms with van der Waals surface area (Å²) in [6.45, 7) is 18.7. The van der Waals surface area contributed by atoms with E-state index in [4.69, 9.17) is 5.73 Å². The van der Waals surface area contributed by atoms with Crippen LogP contribution in [0.25, 0.3) is 0 Å². The normalized spacial score (nSPS) is 21.0. The number of allylic oxidation sites excluding steroid dienone is 3. The third-order valence-electron chi connectivity index (χ3n) is 5.85. The first kappa shape index (κ1) is 24.4. The summed E-state index contributed by atoms with van der Waals surface area (Å²) in [5, 5.41) is 0. The average molecular weight is 382 g/mol. The van der Waals surface area contributed by atoms with E-state index >= 15 is 0 Å². The number of hydrogen-bond acceptors (Lipinski definition) is 1. The molecule has 0 aromatic heterocycles. The molecule has 2 rings (SSSR count). The molecule has 1 aromatic carbocycles. The van der Waals surface area contributed by atoms with Crippen molar-refractivity contribution in [3.63, 3.8) is 0 Å². The fourth-order valence-electron chi connectivity index (χ4n) is 4.31. The molecule has 1 nitrogen and oxygen atoms in total. The van der Waals surface area contributed by atoms with E-state index in [0.29, 0.717) is 5.92 Å². The van der Waals surface area contributed by atoms with Crippen molar-refractivity contribution >= 4 is 0 Å². The van der Waals surface area contributed by atoms with Gasteiger partial charge in [-0.2, -0.15) is 0 Å². The van der Waals surface area contributed by atoms with Gasteiger partial charge in [0.05, 0.1) is 0 Å². The highest BCUT2D eigenvalue weighted by molar-refractivity contribution is 5.42. The zero-order valence-electron chi connectivity index (χ0n) is 19.1. The van der Waals surface area contributed by atoms with Gasteiger partial charge in [-0.1, -0.05) is 102 Å². The monoisotopic (exact) mass is 381 g/mol. The van der Waals surface area contributed by atoms with Crippen molar-refractivity contribution in [3.05, 3.63) is 71.3 Å². The number of aryl methyl sites for hydroxylation is 2. The highest BCUT2D eigenvalue weighted by atomic mass is 14.8. The smallest absolute Gasteiger partial charge is 0.0481 e. The summed E-state index contributed by atoms with van der Waals surface area (Å²) in [6, 6.07) is 6.95. The van der Waals surface area contributed by atoms with Crippen molar-refractivity contribution in [2.24, 2.45) is 11.7 Å². The van der Waals surface area contributed by atoms with Gasteiger partial charge in [0, 0.05) is 5.54 Å². The third-order valence-corrected chi connectivity index (χ3v) is 5.85. The maximum atomic E-state index is 7.18. The molecule has 0 fully saturated rings. The fourth-order valence-corrected chi connectivity index (χ4v) is 4.31. The summed E-state index contributed by atoms with van der Waals surface area (Å²) < 4.78 is 0. The number of rotatable bonds is 9. The Bertz CT molecular complexity index is 667. The van der Waals surface area contributed by atoms with Gasteiger partial charge in [0.15, 0.2) is 0 Å². The topological polar surface area (TPSA) is 26.0 Å². The second-order valence-electron chi connectivity index (χ2n) is 8.13. The van der Waals surface area contributed by atoms with E-state index in [2.05, 4.69) is 51.3 Å². The van der Waals surface area contributed by atoms with Crippen LogP contribution in [-0.4, -0.2) is 0 Å². The van der Waals surface area contributed by atoms with Crippen LogP contribution in [0.3, 0.4) is 0 Å². The summed E-state index contributed by atoms with van der Waals surface area (Å²) in [5.41, 5.74) is 13.2. The summed E-state index contributed by atoms with van der Waals surface area (Å²) in [4.78, 5) is 0.